The number of ether oxygens (including phenoxy) is 1. The minimum absolute atomic E-state index is 0.0255. The Kier molecular flexibility index (Phi) is 8.26. The maximum Gasteiger partial charge on any atom is 0.305 e. The highest BCUT2D eigenvalue weighted by atomic mass is 32.2. The number of benzene rings is 2. The maximum absolute atomic E-state index is 13.7. The van der Waals surface area contributed by atoms with Gasteiger partial charge in [0.15, 0.2) is 6.61 Å². The summed E-state index contributed by atoms with van der Waals surface area (Å²) >= 11 is 2.87. The van der Waals surface area contributed by atoms with E-state index in [9.17, 15) is 24.0 Å². The molecule has 4 aliphatic rings. The van der Waals surface area contributed by atoms with Gasteiger partial charge in [0.25, 0.3) is 5.91 Å². The molecule has 0 spiro atoms. The predicted octanol–water partition coefficient (Wildman–Crippen LogP) is 4.88. The molecule has 3 fully saturated rings. The number of nitrogens with zero attached hydrogens (tertiary/aromatic N) is 1. The lowest BCUT2D eigenvalue weighted by atomic mass is 9.68. The van der Waals surface area contributed by atoms with Crippen molar-refractivity contribution in [3.8, 4) is 5.75 Å². The number of carboxylic acids is 1. The first-order chi connectivity index (χ1) is 22.2. The molecule has 6 unspecified atom stereocenters. The molecule has 1 saturated heterocycles. The minimum Gasteiger partial charge on any atom is -0.484 e. The first-order valence-corrected chi connectivity index (χ1v) is 17.4. The van der Waals surface area contributed by atoms with Gasteiger partial charge in [0.1, 0.15) is 5.75 Å². The lowest BCUT2D eigenvalue weighted by molar-refractivity contribution is -0.141. The second-order valence-corrected chi connectivity index (χ2v) is 15.0. The van der Waals surface area contributed by atoms with Crippen LogP contribution in [-0.4, -0.2) is 57.1 Å². The fourth-order valence-corrected chi connectivity index (χ4v) is 11.1. The Balaban J connectivity index is 1.07. The molecule has 3 amide bonds. The number of carbonyl (C=O) groups excluding carboxylic acids is 3. The van der Waals surface area contributed by atoms with Crippen molar-refractivity contribution in [3.05, 3.63) is 74.2 Å². The molecule has 10 nitrogen and oxygen atoms in total. The lowest BCUT2D eigenvalue weighted by Gasteiger charge is -2.43. The number of unbranched alkanes of at least 4 members (excludes halogenated alkanes) is 2. The number of aromatic nitrogens is 1. The van der Waals surface area contributed by atoms with E-state index >= 15 is 0 Å². The Hall–Kier alpha value is -3.90. The zero-order valence-corrected chi connectivity index (χ0v) is 26.9. The molecule has 2 aromatic carbocycles. The number of nitrogens with one attached hydrogen (secondary N) is 2. The molecule has 2 saturated carbocycles. The van der Waals surface area contributed by atoms with Crippen LogP contribution in [0, 0.1) is 36.5 Å². The molecule has 0 radical (unpaired) electrons. The third-order valence-corrected chi connectivity index (χ3v) is 12.6. The maximum atomic E-state index is 13.7. The van der Waals surface area contributed by atoms with Gasteiger partial charge in [-0.3, -0.25) is 28.9 Å². The summed E-state index contributed by atoms with van der Waals surface area (Å²) in [7, 11) is 0. The van der Waals surface area contributed by atoms with E-state index in [-0.39, 0.29) is 76.4 Å². The van der Waals surface area contributed by atoms with E-state index in [2.05, 4.69) is 10.3 Å². The molecule has 1 aromatic heterocycles. The van der Waals surface area contributed by atoms with Gasteiger partial charge in [-0.05, 0) is 79.3 Å². The van der Waals surface area contributed by atoms with Crippen LogP contribution in [0.15, 0.2) is 58.4 Å². The Labute approximate surface area is 273 Å². The average molecular weight is 662 g/mol. The van der Waals surface area contributed by atoms with Crippen molar-refractivity contribution in [1.29, 1.82) is 0 Å². The smallest absolute Gasteiger partial charge is 0.305 e. The van der Waals surface area contributed by atoms with Gasteiger partial charge in [0, 0.05) is 34.7 Å². The molecule has 7 rings (SSSR count). The van der Waals surface area contributed by atoms with Crippen LogP contribution in [0.5, 0.6) is 5.75 Å². The number of H-pyrrole nitrogens is 1. The van der Waals surface area contributed by atoms with E-state index in [0.29, 0.717) is 37.2 Å². The molecular formula is C34H35N3O7S2. The molecule has 3 heterocycles. The Morgan fingerprint density at radius 2 is 1.78 bits per heavy atom. The van der Waals surface area contributed by atoms with Gasteiger partial charge < -0.3 is 20.1 Å². The molecule has 2 bridgehead atoms. The number of thiazole rings is 1. The largest absolute Gasteiger partial charge is 0.484 e. The zero-order chi connectivity index (χ0) is 32.1. The van der Waals surface area contributed by atoms with Crippen LogP contribution in [0.2, 0.25) is 0 Å². The summed E-state index contributed by atoms with van der Waals surface area (Å²) in [4.78, 5) is 68.5. The van der Waals surface area contributed by atoms with E-state index in [1.165, 1.54) is 16.2 Å². The molecule has 12 heteroatoms. The molecule has 3 aromatic rings. The highest BCUT2D eigenvalue weighted by Crippen LogP contribution is 2.68. The van der Waals surface area contributed by atoms with E-state index in [1.54, 1.807) is 11.8 Å². The SMILES string of the molecule is Cc1cccc(NC(=O)COc2ccc([C@H]3c4sc(=O)[nH]c4SC4C5CC(C6C(=O)N(CCCCCC(=O)O)C(=O)C56)C43)cc2)c1. The van der Waals surface area contributed by atoms with Gasteiger partial charge >= 0.3 is 10.8 Å². The second-order valence-electron chi connectivity index (χ2n) is 12.8. The molecule has 7 atom stereocenters. The number of amides is 3. The van der Waals surface area contributed by atoms with E-state index < -0.39 is 5.97 Å². The number of carbonyl (C=O) groups is 4. The number of fused-ring (bicyclic) bond motifs is 9. The van der Waals surface area contributed by atoms with E-state index in [1.807, 2.05) is 55.5 Å². The second kappa shape index (κ2) is 12.4. The van der Waals surface area contributed by atoms with Crippen LogP contribution >= 0.6 is 23.1 Å². The molecule has 46 heavy (non-hydrogen) atoms. The van der Waals surface area contributed by atoms with Crippen molar-refractivity contribution in [3.63, 3.8) is 0 Å². The van der Waals surface area contributed by atoms with Gasteiger partial charge in [0.05, 0.1) is 16.9 Å². The summed E-state index contributed by atoms with van der Waals surface area (Å²) in [6.07, 6.45) is 2.68. The van der Waals surface area contributed by atoms with Crippen molar-refractivity contribution in [2.45, 2.75) is 55.2 Å². The molecule has 3 N–H and O–H groups in total. The number of aromatic amines is 1. The number of aryl methyl sites for hydroxylation is 1. The van der Waals surface area contributed by atoms with Crippen LogP contribution in [-0.2, 0) is 19.2 Å². The fraction of sp³-hybridized carbons (Fsp3) is 0.441. The number of aliphatic carboxylic acids is 1. The topological polar surface area (TPSA) is 146 Å². The number of anilines is 1. The number of hydrogen-bond donors (Lipinski definition) is 3. The van der Waals surface area contributed by atoms with Gasteiger partial charge in [-0.2, -0.15) is 0 Å². The number of imide groups is 1. The van der Waals surface area contributed by atoms with E-state index in [0.717, 1.165) is 27.5 Å². The van der Waals surface area contributed by atoms with E-state index in [4.69, 9.17) is 9.84 Å². The fourth-order valence-electron chi connectivity index (χ4n) is 8.24. The third-order valence-electron chi connectivity index (χ3n) is 10.00. The third kappa shape index (κ3) is 5.55. The van der Waals surface area contributed by atoms with Crippen LogP contribution in [0.3, 0.4) is 0 Å². The minimum atomic E-state index is -0.840. The van der Waals surface area contributed by atoms with Crippen LogP contribution in [0.25, 0.3) is 0 Å². The van der Waals surface area contributed by atoms with Gasteiger partial charge in [-0.1, -0.05) is 42.0 Å². The van der Waals surface area contributed by atoms with Crippen LogP contribution in [0.1, 0.15) is 54.0 Å². The molecule has 2 aliphatic heterocycles. The molecular weight excluding hydrogens is 627 g/mol. The van der Waals surface area contributed by atoms with Crippen LogP contribution in [0.4, 0.5) is 5.69 Å². The number of hydrogen-bond acceptors (Lipinski definition) is 8. The molecule has 2 aliphatic carbocycles. The standard InChI is InChI=1S/C34H35N3O7S2/c1-17-6-5-7-19(14-17)35-23(38)16-44-20-11-9-18(10-12-20)25-26-21-15-22(29(26)45-31-30(25)46-34(43)36-31)28-27(21)32(41)37(33(28)42)13-4-2-3-8-24(39)40/h5-7,9-12,14,21-22,25-29H,2-4,8,13,15-16H2,1H3,(H,35,38)(H,36,43)(H,39,40)/t21?,22?,25-,26?,27?,28?,29?/m1/s1. The van der Waals surface area contributed by atoms with Crippen molar-refractivity contribution >= 4 is 52.5 Å². The number of rotatable bonds is 11. The zero-order valence-electron chi connectivity index (χ0n) is 25.3. The summed E-state index contributed by atoms with van der Waals surface area (Å²) in [6, 6.07) is 15.2. The molecule has 240 valence electrons. The van der Waals surface area contributed by atoms with Gasteiger partial charge in [0.2, 0.25) is 11.8 Å². The van der Waals surface area contributed by atoms with Crippen molar-refractivity contribution in [2.24, 2.45) is 29.6 Å². The monoisotopic (exact) mass is 661 g/mol. The summed E-state index contributed by atoms with van der Waals surface area (Å²) in [6.45, 7) is 2.15. The van der Waals surface area contributed by atoms with Crippen molar-refractivity contribution in [1.82, 2.24) is 9.88 Å². The Morgan fingerprint density at radius 3 is 2.52 bits per heavy atom. The summed E-state index contributed by atoms with van der Waals surface area (Å²) in [5.74, 6) is -1.36. The number of carboxylic acid groups (broad SMARTS) is 1. The first-order valence-electron chi connectivity index (χ1n) is 15.8. The highest BCUT2D eigenvalue weighted by molar-refractivity contribution is 8.00. The van der Waals surface area contributed by atoms with Gasteiger partial charge in [-0.25, -0.2) is 0 Å². The van der Waals surface area contributed by atoms with Crippen molar-refractivity contribution < 1.29 is 29.0 Å². The summed E-state index contributed by atoms with van der Waals surface area (Å²) in [5, 5.41) is 12.7. The number of likely N-dealkylation sites (tertiary alicyclic amines) is 1. The predicted molar refractivity (Wildman–Crippen MR) is 173 cm³/mol. The number of thioether (sulfide) groups is 1. The summed E-state index contributed by atoms with van der Waals surface area (Å²) in [5.41, 5.74) is 2.77. The Bertz CT molecular complexity index is 1750. The average Bonchev–Trinajstić information content (AvgIpc) is 3.75. The lowest BCUT2D eigenvalue weighted by Crippen LogP contribution is -2.42. The van der Waals surface area contributed by atoms with Crippen molar-refractivity contribution in [2.75, 3.05) is 18.5 Å². The first kappa shape index (κ1) is 30.7. The summed E-state index contributed by atoms with van der Waals surface area (Å²) < 4.78 is 5.79. The van der Waals surface area contributed by atoms with Crippen LogP contribution < -0.4 is 14.9 Å². The quantitative estimate of drug-likeness (QED) is 0.195. The van der Waals surface area contributed by atoms with Gasteiger partial charge in [-0.15, -0.1) is 11.8 Å². The Morgan fingerprint density at radius 1 is 1.02 bits per heavy atom. The highest BCUT2D eigenvalue weighted by Gasteiger charge is 2.69. The normalized spacial score (nSPS) is 27.3.